The van der Waals surface area contributed by atoms with Crippen LogP contribution in [0.25, 0.3) is 0 Å². The molecule has 2 N–H and O–H groups in total. The molecule has 19 heavy (non-hydrogen) atoms. The van der Waals surface area contributed by atoms with E-state index in [1.807, 2.05) is 6.92 Å². The molecule has 0 aromatic rings. The Morgan fingerprint density at radius 1 is 1.37 bits per heavy atom. The van der Waals surface area contributed by atoms with Crippen LogP contribution in [0, 0.1) is 0 Å². The molecule has 1 amide bonds. The van der Waals surface area contributed by atoms with E-state index >= 15 is 0 Å². The summed E-state index contributed by atoms with van der Waals surface area (Å²) in [5.41, 5.74) is 4.88. The fraction of sp³-hybridized carbons (Fsp3) is 0.818. The highest BCUT2D eigenvalue weighted by molar-refractivity contribution is 5.64. The summed E-state index contributed by atoms with van der Waals surface area (Å²) in [4.78, 5) is 21.7. The van der Waals surface area contributed by atoms with Gasteiger partial charge in [0, 0.05) is 6.61 Å². The third-order valence-electron chi connectivity index (χ3n) is 2.90. The van der Waals surface area contributed by atoms with E-state index in [1.165, 1.54) is 0 Å². The van der Waals surface area contributed by atoms with Crippen molar-refractivity contribution in [1.29, 1.82) is 0 Å². The fourth-order valence-electron chi connectivity index (χ4n) is 1.99. The normalized spacial score (nSPS) is 32.6. The smallest absolute Gasteiger partial charge is 0.447 e. The Morgan fingerprint density at radius 3 is 2.79 bits per heavy atom. The van der Waals surface area contributed by atoms with Crippen LogP contribution in [0.3, 0.4) is 0 Å². The number of ether oxygens (including phenoxy) is 5. The lowest BCUT2D eigenvalue weighted by Crippen LogP contribution is -2.33. The highest BCUT2D eigenvalue weighted by Crippen LogP contribution is 2.32. The summed E-state index contributed by atoms with van der Waals surface area (Å²) in [5.74, 6) is 0. The van der Waals surface area contributed by atoms with Crippen LogP contribution in [0.4, 0.5) is 9.59 Å². The molecule has 2 saturated heterocycles. The lowest BCUT2D eigenvalue weighted by molar-refractivity contribution is -0.172. The van der Waals surface area contributed by atoms with E-state index in [1.54, 1.807) is 0 Å². The van der Waals surface area contributed by atoms with Gasteiger partial charge in [0.15, 0.2) is 18.5 Å². The molecule has 4 atom stereocenters. The predicted molar refractivity (Wildman–Crippen MR) is 60.2 cm³/mol. The molecule has 2 rings (SSSR count). The maximum Gasteiger partial charge on any atom is 0.509 e. The lowest BCUT2D eigenvalue weighted by Gasteiger charge is -2.16. The van der Waals surface area contributed by atoms with Crippen molar-refractivity contribution in [3.05, 3.63) is 0 Å². The Balaban J connectivity index is 1.91. The molecule has 0 radical (unpaired) electrons. The number of nitrogens with two attached hydrogens (primary N) is 1. The zero-order chi connectivity index (χ0) is 13.8. The van der Waals surface area contributed by atoms with Crippen molar-refractivity contribution in [1.82, 2.24) is 0 Å². The summed E-state index contributed by atoms with van der Waals surface area (Å²) in [6.45, 7) is 2.41. The Labute approximate surface area is 110 Å². The highest BCUT2D eigenvalue weighted by atomic mass is 16.8. The van der Waals surface area contributed by atoms with Crippen molar-refractivity contribution in [3.8, 4) is 0 Å². The van der Waals surface area contributed by atoms with Crippen LogP contribution < -0.4 is 5.73 Å². The summed E-state index contributed by atoms with van der Waals surface area (Å²) in [6, 6.07) is 0. The molecular formula is C11H17NO7. The van der Waals surface area contributed by atoms with Gasteiger partial charge in [-0.3, -0.25) is 0 Å². The molecule has 0 saturated carbocycles. The van der Waals surface area contributed by atoms with E-state index < -0.39 is 36.9 Å². The van der Waals surface area contributed by atoms with Crippen molar-refractivity contribution < 1.29 is 33.3 Å². The lowest BCUT2D eigenvalue weighted by atomic mass is 10.1. The molecule has 2 aliphatic heterocycles. The first-order valence-corrected chi connectivity index (χ1v) is 6.18. The average Bonchev–Trinajstić information content (AvgIpc) is 2.86. The first-order chi connectivity index (χ1) is 9.11. The Kier molecular flexibility index (Phi) is 4.43. The third kappa shape index (κ3) is 3.27. The molecule has 0 aromatic carbocycles. The van der Waals surface area contributed by atoms with Crippen molar-refractivity contribution >= 4 is 12.2 Å². The fourth-order valence-corrected chi connectivity index (χ4v) is 1.99. The summed E-state index contributed by atoms with van der Waals surface area (Å²) in [5, 5.41) is 0. The van der Waals surface area contributed by atoms with Gasteiger partial charge in [0.1, 0.15) is 12.7 Å². The van der Waals surface area contributed by atoms with Crippen molar-refractivity contribution in [2.45, 2.75) is 44.4 Å². The molecular weight excluding hydrogens is 258 g/mol. The minimum Gasteiger partial charge on any atom is -0.447 e. The second-order valence-electron chi connectivity index (χ2n) is 4.31. The molecule has 8 heteroatoms. The first-order valence-electron chi connectivity index (χ1n) is 6.18. The van der Waals surface area contributed by atoms with Crippen LogP contribution in [0.15, 0.2) is 0 Å². The molecule has 2 heterocycles. The van der Waals surface area contributed by atoms with Crippen LogP contribution in [-0.4, -0.2) is 50.1 Å². The standard InChI is InChI=1S/C11H17NO7/c1-2-3-4-15-9-8-7(18-11(14)19-8)6(17-9)5-16-10(12)13/h6-9H,2-5H2,1H3,(H2,12,13)/t6-,7-,8-,9-/m1/s1. The van der Waals surface area contributed by atoms with E-state index in [0.29, 0.717) is 6.61 Å². The van der Waals surface area contributed by atoms with Crippen molar-refractivity contribution in [2.75, 3.05) is 13.2 Å². The van der Waals surface area contributed by atoms with Crippen LogP contribution in [-0.2, 0) is 23.7 Å². The molecule has 2 fully saturated rings. The molecule has 0 spiro atoms. The largest absolute Gasteiger partial charge is 0.509 e. The molecule has 108 valence electrons. The number of primary amides is 1. The van der Waals surface area contributed by atoms with Crippen molar-refractivity contribution in [2.24, 2.45) is 5.73 Å². The number of fused-ring (bicyclic) bond motifs is 1. The van der Waals surface area contributed by atoms with E-state index in [-0.39, 0.29) is 6.61 Å². The summed E-state index contributed by atoms with van der Waals surface area (Å²) in [7, 11) is 0. The third-order valence-corrected chi connectivity index (χ3v) is 2.90. The topological polar surface area (TPSA) is 106 Å². The van der Waals surface area contributed by atoms with E-state index in [9.17, 15) is 9.59 Å². The number of amides is 1. The summed E-state index contributed by atoms with van der Waals surface area (Å²) >= 11 is 0. The molecule has 2 aliphatic rings. The zero-order valence-corrected chi connectivity index (χ0v) is 10.6. The van der Waals surface area contributed by atoms with Gasteiger partial charge in [-0.25, -0.2) is 9.59 Å². The average molecular weight is 275 g/mol. The monoisotopic (exact) mass is 275 g/mol. The second-order valence-corrected chi connectivity index (χ2v) is 4.31. The van der Waals surface area contributed by atoms with Gasteiger partial charge < -0.3 is 29.4 Å². The maximum atomic E-state index is 11.1. The van der Waals surface area contributed by atoms with Gasteiger partial charge >= 0.3 is 12.2 Å². The van der Waals surface area contributed by atoms with Crippen LogP contribution in [0.2, 0.25) is 0 Å². The first kappa shape index (κ1) is 13.9. The molecule has 0 aromatic heterocycles. The minimum absolute atomic E-state index is 0.110. The van der Waals surface area contributed by atoms with Crippen LogP contribution in [0.5, 0.6) is 0 Å². The van der Waals surface area contributed by atoms with Gasteiger partial charge in [-0.15, -0.1) is 0 Å². The Hall–Kier alpha value is -1.54. The van der Waals surface area contributed by atoms with Crippen LogP contribution >= 0.6 is 0 Å². The Morgan fingerprint density at radius 2 is 2.11 bits per heavy atom. The maximum absolute atomic E-state index is 11.1. The van der Waals surface area contributed by atoms with Gasteiger partial charge in [0.2, 0.25) is 0 Å². The number of hydrogen-bond donors (Lipinski definition) is 1. The predicted octanol–water partition coefficient (Wildman–Crippen LogP) is 0.527. The summed E-state index contributed by atoms with van der Waals surface area (Å²) < 4.78 is 25.6. The number of unbranched alkanes of at least 4 members (excludes halogenated alkanes) is 1. The minimum atomic E-state index is -0.916. The van der Waals surface area contributed by atoms with Gasteiger partial charge in [0.05, 0.1) is 0 Å². The second kappa shape index (κ2) is 6.07. The number of carbonyl (C=O) groups excluding carboxylic acids is 2. The van der Waals surface area contributed by atoms with E-state index in [4.69, 9.17) is 24.7 Å². The van der Waals surface area contributed by atoms with Crippen molar-refractivity contribution in [3.63, 3.8) is 0 Å². The van der Waals surface area contributed by atoms with E-state index in [2.05, 4.69) is 4.74 Å². The SMILES string of the molecule is CCCCO[C@@H]1O[C@H](COC(N)=O)[C@H]2OC(=O)O[C@@H]12. The highest BCUT2D eigenvalue weighted by Gasteiger charge is 2.55. The number of hydrogen-bond acceptors (Lipinski definition) is 7. The molecule has 0 unspecified atom stereocenters. The van der Waals surface area contributed by atoms with Gasteiger partial charge in [-0.1, -0.05) is 13.3 Å². The van der Waals surface area contributed by atoms with Gasteiger partial charge in [-0.05, 0) is 6.42 Å². The quantitative estimate of drug-likeness (QED) is 0.556. The van der Waals surface area contributed by atoms with Gasteiger partial charge in [0.25, 0.3) is 0 Å². The number of rotatable bonds is 6. The number of carbonyl (C=O) groups is 2. The molecule has 0 aliphatic carbocycles. The van der Waals surface area contributed by atoms with Crippen LogP contribution in [0.1, 0.15) is 19.8 Å². The molecule has 8 nitrogen and oxygen atoms in total. The molecule has 0 bridgehead atoms. The summed E-state index contributed by atoms with van der Waals surface area (Å²) in [6.07, 6.45) is -2.45. The van der Waals surface area contributed by atoms with E-state index in [0.717, 1.165) is 12.8 Å². The van der Waals surface area contributed by atoms with Gasteiger partial charge in [-0.2, -0.15) is 0 Å². The Bertz CT molecular complexity index is 348. The zero-order valence-electron chi connectivity index (χ0n) is 10.6.